The number of carbonyl (C=O) groups is 1. The van der Waals surface area contributed by atoms with Crippen LogP contribution in [0.15, 0.2) is 47.7 Å². The van der Waals surface area contributed by atoms with Gasteiger partial charge >= 0.3 is 6.18 Å². The van der Waals surface area contributed by atoms with E-state index in [4.69, 9.17) is 0 Å². The highest BCUT2D eigenvalue weighted by molar-refractivity contribution is 6.07. The maximum Gasteiger partial charge on any atom is 0.417 e. The summed E-state index contributed by atoms with van der Waals surface area (Å²) in [5.41, 5.74) is -2.40. The lowest BCUT2D eigenvalue weighted by atomic mass is 10.0. The van der Waals surface area contributed by atoms with Gasteiger partial charge in [-0.1, -0.05) is 0 Å². The highest BCUT2D eigenvalue weighted by atomic mass is 19.4. The van der Waals surface area contributed by atoms with E-state index >= 15 is 4.39 Å². The second-order valence-electron chi connectivity index (χ2n) is 9.27. The van der Waals surface area contributed by atoms with Gasteiger partial charge in [-0.2, -0.15) is 18.4 Å². The molecule has 3 heterocycles. The van der Waals surface area contributed by atoms with Crippen LogP contribution in [0, 0.1) is 17.1 Å². The Morgan fingerprint density at radius 1 is 1.16 bits per heavy atom. The number of alkyl halides is 3. The summed E-state index contributed by atoms with van der Waals surface area (Å²) in [6, 6.07) is 6.32. The lowest BCUT2D eigenvalue weighted by Crippen LogP contribution is -2.55. The van der Waals surface area contributed by atoms with Crippen LogP contribution in [-0.4, -0.2) is 53.0 Å². The number of rotatable bonds is 4. The van der Waals surface area contributed by atoms with Crippen molar-refractivity contribution in [3.05, 3.63) is 75.7 Å². The van der Waals surface area contributed by atoms with Gasteiger partial charge in [-0.05, 0) is 39.1 Å². The lowest BCUT2D eigenvalue weighted by molar-refractivity contribution is -0.138. The SMILES string of the molecule is C[C@@H]1CN(c2cc(F)c(-c3cncc(C#N)c3)cc2NC(=O)c2c[nH]c(=O)cc2C(F)(F)F)C[C@H](C)N1C. The minimum Gasteiger partial charge on any atom is -0.367 e. The molecule has 2 N–H and O–H groups in total. The zero-order valence-electron chi connectivity index (χ0n) is 20.7. The summed E-state index contributed by atoms with van der Waals surface area (Å²) in [7, 11) is 1.96. The van der Waals surface area contributed by atoms with Gasteiger partial charge < -0.3 is 15.2 Å². The maximum absolute atomic E-state index is 15.5. The maximum atomic E-state index is 15.5. The molecular formula is C26H24F4N6O2. The molecule has 198 valence electrons. The Kier molecular flexibility index (Phi) is 7.24. The van der Waals surface area contributed by atoms with Crippen molar-refractivity contribution in [3.63, 3.8) is 0 Å². The van der Waals surface area contributed by atoms with Gasteiger partial charge in [0.05, 0.1) is 28.1 Å². The molecule has 0 saturated carbocycles. The fourth-order valence-corrected chi connectivity index (χ4v) is 4.48. The van der Waals surface area contributed by atoms with E-state index in [0.29, 0.717) is 25.4 Å². The molecule has 1 aromatic carbocycles. The van der Waals surface area contributed by atoms with Gasteiger partial charge in [-0.3, -0.25) is 19.5 Å². The van der Waals surface area contributed by atoms with Crippen LogP contribution in [0.3, 0.4) is 0 Å². The number of likely N-dealkylation sites (N-methyl/N-ethyl adjacent to an activating group) is 1. The Bertz CT molecular complexity index is 1470. The monoisotopic (exact) mass is 528 g/mol. The zero-order chi connectivity index (χ0) is 27.8. The summed E-state index contributed by atoms with van der Waals surface area (Å²) in [5, 5.41) is 11.7. The van der Waals surface area contributed by atoms with Crippen molar-refractivity contribution in [3.8, 4) is 17.2 Å². The molecule has 0 radical (unpaired) electrons. The Labute approximate surface area is 215 Å². The van der Waals surface area contributed by atoms with Gasteiger partial charge in [-0.15, -0.1) is 0 Å². The zero-order valence-corrected chi connectivity index (χ0v) is 20.7. The van der Waals surface area contributed by atoms with E-state index in [9.17, 15) is 28.0 Å². The average molecular weight is 529 g/mol. The average Bonchev–Trinajstić information content (AvgIpc) is 2.87. The van der Waals surface area contributed by atoms with Crippen molar-refractivity contribution in [1.29, 1.82) is 5.26 Å². The highest BCUT2D eigenvalue weighted by Gasteiger charge is 2.36. The first-order chi connectivity index (χ1) is 17.9. The van der Waals surface area contributed by atoms with Gasteiger partial charge in [0, 0.05) is 61.0 Å². The fraction of sp³-hybridized carbons (Fsp3) is 0.308. The van der Waals surface area contributed by atoms with Crippen LogP contribution in [0.5, 0.6) is 0 Å². The molecule has 0 unspecified atom stereocenters. The molecule has 0 spiro atoms. The van der Waals surface area contributed by atoms with Gasteiger partial charge in [0.15, 0.2) is 0 Å². The van der Waals surface area contributed by atoms with E-state index in [1.165, 1.54) is 30.6 Å². The minimum absolute atomic E-state index is 0.00129. The van der Waals surface area contributed by atoms with Crippen molar-refractivity contribution >= 4 is 17.3 Å². The first-order valence-electron chi connectivity index (χ1n) is 11.7. The molecule has 1 fully saturated rings. The Balaban J connectivity index is 1.83. The second kappa shape index (κ2) is 10.3. The third-order valence-corrected chi connectivity index (χ3v) is 6.69. The molecule has 3 aromatic rings. The van der Waals surface area contributed by atoms with Crippen LogP contribution >= 0.6 is 0 Å². The summed E-state index contributed by atoms with van der Waals surface area (Å²) in [5.74, 6) is -1.79. The third-order valence-electron chi connectivity index (χ3n) is 6.69. The van der Waals surface area contributed by atoms with Gasteiger partial charge in [0.2, 0.25) is 5.56 Å². The second-order valence-corrected chi connectivity index (χ2v) is 9.27. The predicted octanol–water partition coefficient (Wildman–Crippen LogP) is 4.25. The smallest absolute Gasteiger partial charge is 0.367 e. The number of hydrogen-bond donors (Lipinski definition) is 2. The molecule has 38 heavy (non-hydrogen) atoms. The number of H-pyrrole nitrogens is 1. The summed E-state index contributed by atoms with van der Waals surface area (Å²) in [6.45, 7) is 4.92. The molecule has 0 aliphatic carbocycles. The first kappa shape index (κ1) is 26.8. The van der Waals surface area contributed by atoms with Crippen LogP contribution in [0.4, 0.5) is 28.9 Å². The number of nitrogens with zero attached hydrogens (tertiary/aromatic N) is 4. The number of anilines is 2. The van der Waals surface area contributed by atoms with Crippen molar-refractivity contribution in [2.75, 3.05) is 30.4 Å². The number of halogens is 4. The third kappa shape index (κ3) is 5.38. The molecule has 0 bridgehead atoms. The number of carbonyl (C=O) groups excluding carboxylic acids is 1. The number of nitriles is 1. The molecule has 4 rings (SSSR count). The van der Waals surface area contributed by atoms with Gasteiger partial charge in [-0.25, -0.2) is 4.39 Å². The lowest BCUT2D eigenvalue weighted by Gasteiger charge is -2.44. The molecule has 1 aliphatic rings. The summed E-state index contributed by atoms with van der Waals surface area (Å²) in [4.78, 5) is 34.7. The number of aromatic amines is 1. The molecule has 1 saturated heterocycles. The molecule has 8 nitrogen and oxygen atoms in total. The molecule has 2 atom stereocenters. The normalized spacial score (nSPS) is 18.2. The largest absolute Gasteiger partial charge is 0.417 e. The summed E-state index contributed by atoms with van der Waals surface area (Å²) in [6.07, 6.45) is -1.61. The van der Waals surface area contributed by atoms with Crippen molar-refractivity contribution in [1.82, 2.24) is 14.9 Å². The van der Waals surface area contributed by atoms with Crippen molar-refractivity contribution < 1.29 is 22.4 Å². The Hall–Kier alpha value is -4.24. The van der Waals surface area contributed by atoms with E-state index in [2.05, 4.69) is 20.2 Å². The van der Waals surface area contributed by atoms with Gasteiger partial charge in [0.25, 0.3) is 5.91 Å². The number of benzene rings is 1. The number of pyridine rings is 2. The molecule has 12 heteroatoms. The Morgan fingerprint density at radius 2 is 1.84 bits per heavy atom. The topological polar surface area (TPSA) is 105 Å². The standard InChI is InChI=1S/C26H24F4N6O2/c1-14-12-36(13-15(2)35(14)3)23-7-21(27)18(17-4-16(8-31)9-32-10-17)5-22(23)34-25(38)19-11-33-24(37)6-20(19)26(28,29)30/h4-7,9-11,14-15H,12-13H2,1-3H3,(H,33,37)(H,34,38)/t14-,15+. The van der Waals surface area contributed by atoms with Crippen LogP contribution in [0.25, 0.3) is 11.1 Å². The predicted molar refractivity (Wildman–Crippen MR) is 133 cm³/mol. The molecule has 2 aromatic heterocycles. The van der Waals surface area contributed by atoms with Crippen molar-refractivity contribution in [2.45, 2.75) is 32.1 Å². The van der Waals surface area contributed by atoms with Crippen LogP contribution in [-0.2, 0) is 6.18 Å². The molecular weight excluding hydrogens is 504 g/mol. The van der Waals surface area contributed by atoms with Crippen LogP contribution in [0.1, 0.15) is 35.3 Å². The van der Waals surface area contributed by atoms with Crippen molar-refractivity contribution in [2.24, 2.45) is 0 Å². The van der Waals surface area contributed by atoms with Crippen LogP contribution in [0.2, 0.25) is 0 Å². The van der Waals surface area contributed by atoms with Crippen LogP contribution < -0.4 is 15.8 Å². The summed E-state index contributed by atoms with van der Waals surface area (Å²) >= 11 is 0. The summed E-state index contributed by atoms with van der Waals surface area (Å²) < 4.78 is 56.3. The van der Waals surface area contributed by atoms with E-state index in [-0.39, 0.29) is 40.1 Å². The number of piperazine rings is 1. The van der Waals surface area contributed by atoms with E-state index in [1.807, 2.05) is 31.9 Å². The Morgan fingerprint density at radius 3 is 2.47 bits per heavy atom. The number of hydrogen-bond acceptors (Lipinski definition) is 6. The first-order valence-corrected chi connectivity index (χ1v) is 11.7. The van der Waals surface area contributed by atoms with E-state index in [0.717, 1.165) is 0 Å². The van der Waals surface area contributed by atoms with Gasteiger partial charge in [0.1, 0.15) is 11.9 Å². The molecule has 1 aliphatic heterocycles. The number of nitrogens with one attached hydrogen (secondary N) is 2. The number of aromatic nitrogens is 2. The van der Waals surface area contributed by atoms with E-state index in [1.54, 1.807) is 0 Å². The number of amides is 1. The molecule has 1 amide bonds. The van der Waals surface area contributed by atoms with E-state index < -0.39 is 34.6 Å². The minimum atomic E-state index is -4.95. The fourth-order valence-electron chi connectivity index (χ4n) is 4.48. The highest BCUT2D eigenvalue weighted by Crippen LogP contribution is 2.37. The quantitative estimate of drug-likeness (QED) is 0.491.